The van der Waals surface area contributed by atoms with Gasteiger partial charge in [-0.1, -0.05) is 22.5 Å². The molecule has 16 heavy (non-hydrogen) atoms. The minimum atomic E-state index is -0.236. The van der Waals surface area contributed by atoms with E-state index in [4.69, 9.17) is 0 Å². The summed E-state index contributed by atoms with van der Waals surface area (Å²) >= 11 is 3.31. The molecule has 0 bridgehead atoms. The minimum Gasteiger partial charge on any atom is -0.462 e. The number of esters is 1. The summed E-state index contributed by atoms with van der Waals surface area (Å²) in [6, 6.07) is 0. The van der Waals surface area contributed by atoms with E-state index in [9.17, 15) is 9.59 Å². The van der Waals surface area contributed by atoms with Crippen LogP contribution in [0.3, 0.4) is 0 Å². The molecule has 2 saturated heterocycles. The number of halogens is 1. The van der Waals surface area contributed by atoms with E-state index in [1.807, 2.05) is 0 Å². The Morgan fingerprint density at radius 3 is 2.56 bits per heavy atom. The lowest BCUT2D eigenvalue weighted by atomic mass is 10.1. The Labute approximate surface area is 104 Å². The van der Waals surface area contributed by atoms with Crippen LogP contribution in [0.15, 0.2) is 12.2 Å². The molecular weight excluding hydrogens is 274 g/mol. The van der Waals surface area contributed by atoms with Crippen LogP contribution in [-0.4, -0.2) is 30.4 Å². The van der Waals surface area contributed by atoms with Crippen molar-refractivity contribution in [2.75, 3.05) is 18.5 Å². The number of hydrogen-bond donors (Lipinski definition) is 1. The first-order valence-corrected chi connectivity index (χ1v) is 6.46. The van der Waals surface area contributed by atoms with Crippen molar-refractivity contribution < 1.29 is 14.3 Å². The van der Waals surface area contributed by atoms with Crippen molar-refractivity contribution in [3.63, 3.8) is 0 Å². The molecule has 2 aliphatic rings. The minimum absolute atomic E-state index is 0.231. The Hall–Kier alpha value is -0.840. The Kier molecular flexibility index (Phi) is 5.52. The maximum atomic E-state index is 10.8. The van der Waals surface area contributed by atoms with Crippen LogP contribution in [0, 0.1) is 5.92 Å². The van der Waals surface area contributed by atoms with Gasteiger partial charge in [-0.15, -0.1) is 0 Å². The fourth-order valence-electron chi connectivity index (χ4n) is 1.52. The number of alkyl halides is 1. The Morgan fingerprint density at radius 1 is 1.50 bits per heavy atom. The van der Waals surface area contributed by atoms with Gasteiger partial charge < -0.3 is 10.1 Å². The molecule has 2 rings (SSSR count). The predicted octanol–water partition coefficient (Wildman–Crippen LogP) is 1.40. The number of nitrogens with one attached hydrogen (secondary N) is 1. The van der Waals surface area contributed by atoms with E-state index in [2.05, 4.69) is 32.6 Å². The zero-order chi connectivity index (χ0) is 12.0. The van der Waals surface area contributed by atoms with Gasteiger partial charge in [0.15, 0.2) is 0 Å². The van der Waals surface area contributed by atoms with Crippen molar-refractivity contribution >= 4 is 27.8 Å². The van der Waals surface area contributed by atoms with Crippen molar-refractivity contribution in [2.24, 2.45) is 5.92 Å². The van der Waals surface area contributed by atoms with E-state index in [1.54, 1.807) is 0 Å². The van der Waals surface area contributed by atoms with E-state index < -0.39 is 0 Å². The van der Waals surface area contributed by atoms with Crippen LogP contribution < -0.4 is 5.32 Å². The first kappa shape index (κ1) is 13.2. The normalized spacial score (nSPS) is 23.6. The molecule has 0 spiro atoms. The van der Waals surface area contributed by atoms with Crippen molar-refractivity contribution in [1.82, 2.24) is 5.32 Å². The van der Waals surface area contributed by atoms with Gasteiger partial charge in [0.1, 0.15) is 0 Å². The number of cyclic esters (lactones) is 1. The van der Waals surface area contributed by atoms with Gasteiger partial charge in [0.05, 0.1) is 6.61 Å². The van der Waals surface area contributed by atoms with Gasteiger partial charge >= 0.3 is 5.97 Å². The highest BCUT2D eigenvalue weighted by Gasteiger charge is 2.22. The molecule has 0 aliphatic carbocycles. The molecule has 5 heteroatoms. The highest BCUT2D eigenvalue weighted by atomic mass is 79.9. The SMILES string of the molecule is C=C1CCOC1=O.O=C1NCCC1CCBr. The number of carbonyl (C=O) groups is 2. The Bertz CT molecular complexity index is 277. The number of hydrogen-bond acceptors (Lipinski definition) is 3. The lowest BCUT2D eigenvalue weighted by Crippen LogP contribution is -2.19. The molecule has 0 saturated carbocycles. The maximum absolute atomic E-state index is 10.8. The smallest absolute Gasteiger partial charge is 0.333 e. The van der Waals surface area contributed by atoms with Crippen LogP contribution in [0.4, 0.5) is 0 Å². The van der Waals surface area contributed by atoms with Crippen molar-refractivity contribution in [3.8, 4) is 0 Å². The summed E-state index contributed by atoms with van der Waals surface area (Å²) in [5.74, 6) is 0.277. The van der Waals surface area contributed by atoms with E-state index in [0.717, 1.165) is 24.7 Å². The molecule has 1 atom stereocenters. The number of rotatable bonds is 2. The summed E-state index contributed by atoms with van der Waals surface area (Å²) in [6.45, 7) is 4.86. The second kappa shape index (κ2) is 6.68. The first-order chi connectivity index (χ1) is 7.65. The van der Waals surface area contributed by atoms with Crippen LogP contribution in [0.2, 0.25) is 0 Å². The van der Waals surface area contributed by atoms with Gasteiger partial charge in [-0.2, -0.15) is 0 Å². The summed E-state index contributed by atoms with van der Waals surface area (Å²) in [4.78, 5) is 21.1. The van der Waals surface area contributed by atoms with Crippen LogP contribution in [0.1, 0.15) is 19.3 Å². The standard InChI is InChI=1S/C6H10BrNO.C5H6O2/c7-3-1-5-2-4-8-6(5)9;1-4-2-3-7-5(4)6/h5H,1-4H2,(H,8,9);1-3H2. The summed E-state index contributed by atoms with van der Waals surface area (Å²) in [5, 5.41) is 3.73. The Morgan fingerprint density at radius 2 is 2.25 bits per heavy atom. The summed E-state index contributed by atoms with van der Waals surface area (Å²) in [5.41, 5.74) is 0.597. The average molecular weight is 290 g/mol. The van der Waals surface area contributed by atoms with Gasteiger partial charge in [0.25, 0.3) is 0 Å². The van der Waals surface area contributed by atoms with E-state index >= 15 is 0 Å². The lowest BCUT2D eigenvalue weighted by Gasteiger charge is -2.00. The molecule has 4 nitrogen and oxygen atoms in total. The monoisotopic (exact) mass is 289 g/mol. The molecule has 1 N–H and O–H groups in total. The summed E-state index contributed by atoms with van der Waals surface area (Å²) < 4.78 is 4.53. The van der Waals surface area contributed by atoms with Gasteiger partial charge in [0.2, 0.25) is 5.91 Å². The van der Waals surface area contributed by atoms with Crippen molar-refractivity contribution in [3.05, 3.63) is 12.2 Å². The fourth-order valence-corrected chi connectivity index (χ4v) is 2.08. The van der Waals surface area contributed by atoms with E-state index in [0.29, 0.717) is 18.6 Å². The molecule has 0 aromatic rings. The van der Waals surface area contributed by atoms with Crippen LogP contribution in [-0.2, 0) is 14.3 Å². The Balaban J connectivity index is 0.000000165. The van der Waals surface area contributed by atoms with Gasteiger partial charge in [-0.25, -0.2) is 4.79 Å². The quantitative estimate of drug-likeness (QED) is 0.475. The molecule has 2 heterocycles. The molecule has 0 aromatic heterocycles. The molecule has 0 aromatic carbocycles. The van der Waals surface area contributed by atoms with Crippen LogP contribution in [0.5, 0.6) is 0 Å². The molecular formula is C11H16BrNO3. The molecule has 1 amide bonds. The molecule has 2 fully saturated rings. The van der Waals surface area contributed by atoms with Gasteiger partial charge in [0, 0.05) is 29.8 Å². The molecule has 90 valence electrons. The largest absolute Gasteiger partial charge is 0.462 e. The topological polar surface area (TPSA) is 55.4 Å². The van der Waals surface area contributed by atoms with Crippen molar-refractivity contribution in [1.29, 1.82) is 0 Å². The fraction of sp³-hybridized carbons (Fsp3) is 0.636. The third kappa shape index (κ3) is 3.96. The number of amides is 1. The zero-order valence-electron chi connectivity index (χ0n) is 9.13. The van der Waals surface area contributed by atoms with Crippen LogP contribution >= 0.6 is 15.9 Å². The third-order valence-corrected chi connectivity index (χ3v) is 3.00. The zero-order valence-corrected chi connectivity index (χ0v) is 10.7. The highest BCUT2D eigenvalue weighted by Crippen LogP contribution is 2.14. The highest BCUT2D eigenvalue weighted by molar-refractivity contribution is 9.09. The van der Waals surface area contributed by atoms with Gasteiger partial charge in [-0.05, 0) is 12.8 Å². The molecule has 2 aliphatic heterocycles. The third-order valence-electron chi connectivity index (χ3n) is 2.55. The van der Waals surface area contributed by atoms with E-state index in [1.165, 1.54) is 0 Å². The maximum Gasteiger partial charge on any atom is 0.333 e. The number of carbonyl (C=O) groups excluding carboxylic acids is 2. The average Bonchev–Trinajstić information content (AvgIpc) is 2.81. The predicted molar refractivity (Wildman–Crippen MR) is 64.2 cm³/mol. The van der Waals surface area contributed by atoms with Crippen molar-refractivity contribution in [2.45, 2.75) is 19.3 Å². The molecule has 0 radical (unpaired) electrons. The lowest BCUT2D eigenvalue weighted by molar-refractivity contribution is -0.135. The second-order valence-electron chi connectivity index (χ2n) is 3.74. The second-order valence-corrected chi connectivity index (χ2v) is 4.54. The summed E-state index contributed by atoms with van der Waals surface area (Å²) in [7, 11) is 0. The first-order valence-electron chi connectivity index (χ1n) is 5.33. The summed E-state index contributed by atoms with van der Waals surface area (Å²) in [6.07, 6.45) is 2.70. The number of ether oxygens (including phenoxy) is 1. The molecule has 1 unspecified atom stereocenters. The van der Waals surface area contributed by atoms with E-state index in [-0.39, 0.29) is 17.8 Å². The van der Waals surface area contributed by atoms with Crippen LogP contribution in [0.25, 0.3) is 0 Å². The van der Waals surface area contributed by atoms with Gasteiger partial charge in [-0.3, -0.25) is 4.79 Å².